The highest BCUT2D eigenvalue weighted by atomic mass is 35.5. The maximum Gasteiger partial charge on any atom is 0.243 e. The summed E-state index contributed by atoms with van der Waals surface area (Å²) in [5, 5.41) is 0.526. The number of carbonyl (C=O) groups is 1. The Morgan fingerprint density at radius 3 is 2.54 bits per heavy atom. The molecule has 2 heterocycles. The minimum Gasteiger partial charge on any atom is -0.490 e. The zero-order valence-corrected chi connectivity index (χ0v) is 21.7. The van der Waals surface area contributed by atoms with Gasteiger partial charge in [0.2, 0.25) is 15.9 Å². The first-order valence-corrected chi connectivity index (χ1v) is 13.5. The number of ether oxygens (including phenoxy) is 2. The Balaban J connectivity index is 1.58. The third-order valence-corrected chi connectivity index (χ3v) is 8.54. The second-order valence-electron chi connectivity index (χ2n) is 9.29. The van der Waals surface area contributed by atoms with Gasteiger partial charge in [-0.25, -0.2) is 8.42 Å². The fourth-order valence-corrected chi connectivity index (χ4v) is 6.18. The Morgan fingerprint density at radius 2 is 1.83 bits per heavy atom. The minimum absolute atomic E-state index is 0.0172. The van der Waals surface area contributed by atoms with Crippen LogP contribution >= 0.6 is 11.6 Å². The monoisotopic (exact) mass is 521 g/mol. The van der Waals surface area contributed by atoms with Gasteiger partial charge in [0.25, 0.3) is 0 Å². The summed E-state index contributed by atoms with van der Waals surface area (Å²) >= 11 is 6.10. The topological polar surface area (TPSA) is 79.4 Å². The Bertz CT molecular complexity index is 1150. The molecule has 10 heteroatoms. The molecule has 0 unspecified atom stereocenters. The molecule has 2 aromatic rings. The Labute approximate surface area is 212 Å². The number of likely N-dealkylation sites (N-methyl/N-ethyl adjacent to an activating group) is 1. The quantitative estimate of drug-likeness (QED) is 0.557. The molecule has 0 radical (unpaired) electrons. The van der Waals surface area contributed by atoms with Gasteiger partial charge < -0.3 is 19.3 Å². The largest absolute Gasteiger partial charge is 0.490 e. The molecule has 190 valence electrons. The van der Waals surface area contributed by atoms with E-state index in [2.05, 4.69) is 4.90 Å². The van der Waals surface area contributed by atoms with Gasteiger partial charge in [0.15, 0.2) is 0 Å². The lowest BCUT2D eigenvalue weighted by Gasteiger charge is -2.43. The molecular weight excluding hydrogens is 490 g/mol. The molecule has 8 nitrogen and oxygen atoms in total. The molecule has 2 fully saturated rings. The summed E-state index contributed by atoms with van der Waals surface area (Å²) in [6, 6.07) is 13.8. The van der Waals surface area contributed by atoms with Crippen molar-refractivity contribution in [1.82, 2.24) is 14.1 Å². The summed E-state index contributed by atoms with van der Waals surface area (Å²) < 4.78 is 40.5. The van der Waals surface area contributed by atoms with E-state index in [4.69, 9.17) is 21.1 Å². The summed E-state index contributed by atoms with van der Waals surface area (Å²) in [6.07, 6.45) is 0.0249. The normalized spacial score (nSPS) is 22.2. The molecule has 35 heavy (non-hydrogen) atoms. The van der Waals surface area contributed by atoms with E-state index in [9.17, 15) is 13.2 Å². The fourth-order valence-electron chi connectivity index (χ4n) is 4.40. The van der Waals surface area contributed by atoms with Gasteiger partial charge in [-0.05, 0) is 49.9 Å². The average molecular weight is 522 g/mol. The van der Waals surface area contributed by atoms with Gasteiger partial charge in [-0.15, -0.1) is 0 Å². The molecule has 0 spiro atoms. The number of halogens is 1. The van der Waals surface area contributed by atoms with E-state index >= 15 is 0 Å². The van der Waals surface area contributed by atoms with Crippen LogP contribution in [-0.4, -0.2) is 93.6 Å². The van der Waals surface area contributed by atoms with Gasteiger partial charge in [-0.3, -0.25) is 4.79 Å². The summed E-state index contributed by atoms with van der Waals surface area (Å²) in [5.41, 5.74) is -0.266. The zero-order valence-electron chi connectivity index (χ0n) is 20.2. The van der Waals surface area contributed by atoms with Crippen molar-refractivity contribution < 1.29 is 22.7 Å². The molecular formula is C25H32ClN3O5S. The predicted octanol–water partition coefficient (Wildman–Crippen LogP) is 2.65. The molecule has 1 amide bonds. The smallest absolute Gasteiger partial charge is 0.243 e. The fraction of sp³-hybridized carbons (Fsp3) is 0.480. The van der Waals surface area contributed by atoms with Crippen LogP contribution in [0.1, 0.15) is 12.0 Å². The summed E-state index contributed by atoms with van der Waals surface area (Å²) in [5.74, 6) is 0.466. The van der Waals surface area contributed by atoms with Crippen molar-refractivity contribution >= 4 is 27.5 Å². The number of hydrogen-bond acceptors (Lipinski definition) is 6. The molecule has 0 N–H and O–H groups in total. The van der Waals surface area contributed by atoms with E-state index < -0.39 is 15.6 Å². The van der Waals surface area contributed by atoms with E-state index in [0.29, 0.717) is 23.9 Å². The van der Waals surface area contributed by atoms with Crippen LogP contribution in [0.3, 0.4) is 0 Å². The second kappa shape index (κ2) is 10.8. The molecule has 0 saturated carbocycles. The lowest BCUT2D eigenvalue weighted by Crippen LogP contribution is -2.59. The number of rotatable bonds is 7. The standard InChI is InChI=1S/C25H32ClN3O5S/c1-20-5-3-8-23(15-20)35(31,32)29-13-14-34-25(18-29,19-33-22-7-4-6-21(26)16-22)17-24(30)28-11-9-27(2)10-12-28/h3-8,15-16H,9-14,17-19H2,1-2H3/t25-/m1/s1. The van der Waals surface area contributed by atoms with Crippen LogP contribution in [0, 0.1) is 6.92 Å². The highest BCUT2D eigenvalue weighted by Crippen LogP contribution is 2.30. The third kappa shape index (κ3) is 6.34. The number of piperazine rings is 1. The second-order valence-corrected chi connectivity index (χ2v) is 11.7. The number of hydrogen-bond donors (Lipinski definition) is 0. The van der Waals surface area contributed by atoms with E-state index in [1.165, 1.54) is 4.31 Å². The highest BCUT2D eigenvalue weighted by molar-refractivity contribution is 7.89. The Kier molecular flexibility index (Phi) is 8.02. The van der Waals surface area contributed by atoms with E-state index in [1.807, 2.05) is 24.9 Å². The van der Waals surface area contributed by atoms with Crippen LogP contribution in [0.4, 0.5) is 0 Å². The lowest BCUT2D eigenvalue weighted by atomic mass is 9.97. The molecule has 1 atom stereocenters. The predicted molar refractivity (Wildman–Crippen MR) is 134 cm³/mol. The number of morpholine rings is 1. The van der Waals surface area contributed by atoms with Crippen LogP contribution in [0.15, 0.2) is 53.4 Å². The summed E-state index contributed by atoms with van der Waals surface area (Å²) in [6.45, 7) is 5.13. The number of sulfonamides is 1. The zero-order chi connectivity index (χ0) is 25.1. The first-order valence-electron chi connectivity index (χ1n) is 11.7. The van der Waals surface area contributed by atoms with Crippen molar-refractivity contribution in [3.8, 4) is 5.75 Å². The number of amides is 1. The van der Waals surface area contributed by atoms with Gasteiger partial charge in [0, 0.05) is 44.3 Å². The van der Waals surface area contributed by atoms with Gasteiger partial charge >= 0.3 is 0 Å². The van der Waals surface area contributed by atoms with Crippen LogP contribution in [0.25, 0.3) is 0 Å². The van der Waals surface area contributed by atoms with Gasteiger partial charge in [-0.1, -0.05) is 29.8 Å². The molecule has 2 saturated heterocycles. The average Bonchev–Trinajstić information content (AvgIpc) is 2.83. The SMILES string of the molecule is Cc1cccc(S(=O)(=O)N2CCO[C@](COc3cccc(Cl)c3)(CC(=O)N3CCN(C)CC3)C2)c1. The highest BCUT2D eigenvalue weighted by Gasteiger charge is 2.44. The molecule has 0 bridgehead atoms. The number of nitrogens with zero attached hydrogens (tertiary/aromatic N) is 3. The van der Waals surface area contributed by atoms with Crippen molar-refractivity contribution in [2.24, 2.45) is 0 Å². The van der Waals surface area contributed by atoms with E-state index in [1.54, 1.807) is 42.5 Å². The number of aryl methyl sites for hydroxylation is 1. The first-order chi connectivity index (χ1) is 16.7. The molecule has 2 aliphatic heterocycles. The molecule has 0 aliphatic carbocycles. The lowest BCUT2D eigenvalue weighted by molar-refractivity contribution is -0.151. The van der Waals surface area contributed by atoms with Crippen molar-refractivity contribution in [2.45, 2.75) is 23.8 Å². The van der Waals surface area contributed by atoms with Crippen LogP contribution in [0.2, 0.25) is 5.02 Å². The number of carbonyl (C=O) groups excluding carboxylic acids is 1. The molecule has 4 rings (SSSR count). The maximum atomic E-state index is 13.5. The van der Waals surface area contributed by atoms with E-state index in [-0.39, 0.29) is 43.5 Å². The molecule has 0 aromatic heterocycles. The van der Waals surface area contributed by atoms with Gasteiger partial charge in [0.05, 0.1) is 17.9 Å². The summed E-state index contributed by atoms with van der Waals surface area (Å²) in [4.78, 5) is 17.5. The van der Waals surface area contributed by atoms with Crippen LogP contribution in [0.5, 0.6) is 5.75 Å². The van der Waals surface area contributed by atoms with Gasteiger partial charge in [-0.2, -0.15) is 4.31 Å². The Morgan fingerprint density at radius 1 is 1.09 bits per heavy atom. The Hall–Kier alpha value is -2.17. The number of benzene rings is 2. The van der Waals surface area contributed by atoms with Crippen molar-refractivity contribution in [3.63, 3.8) is 0 Å². The van der Waals surface area contributed by atoms with Crippen molar-refractivity contribution in [2.75, 3.05) is 59.5 Å². The van der Waals surface area contributed by atoms with Crippen LogP contribution < -0.4 is 4.74 Å². The van der Waals surface area contributed by atoms with Crippen molar-refractivity contribution in [1.29, 1.82) is 0 Å². The minimum atomic E-state index is -3.77. The first kappa shape index (κ1) is 25.9. The maximum absolute atomic E-state index is 13.5. The molecule has 2 aliphatic rings. The third-order valence-electron chi connectivity index (χ3n) is 6.47. The van der Waals surface area contributed by atoms with E-state index in [0.717, 1.165) is 18.7 Å². The summed E-state index contributed by atoms with van der Waals surface area (Å²) in [7, 11) is -1.74. The van der Waals surface area contributed by atoms with Gasteiger partial charge in [0.1, 0.15) is 18.0 Å². The van der Waals surface area contributed by atoms with Crippen molar-refractivity contribution in [3.05, 3.63) is 59.1 Å². The molecule has 2 aromatic carbocycles. The van der Waals surface area contributed by atoms with Crippen LogP contribution in [-0.2, 0) is 19.6 Å².